The van der Waals surface area contributed by atoms with Crippen LogP contribution < -0.4 is 11.1 Å². The molecule has 0 spiro atoms. The van der Waals surface area contributed by atoms with Crippen LogP contribution in [0.25, 0.3) is 0 Å². The number of rotatable bonds is 2. The van der Waals surface area contributed by atoms with Gasteiger partial charge in [-0.1, -0.05) is 46.4 Å². The van der Waals surface area contributed by atoms with E-state index in [1.807, 2.05) is 0 Å². The Labute approximate surface area is 123 Å². The van der Waals surface area contributed by atoms with E-state index in [4.69, 9.17) is 52.1 Å². The van der Waals surface area contributed by atoms with E-state index in [0.29, 0.717) is 26.6 Å². The van der Waals surface area contributed by atoms with Gasteiger partial charge in [0, 0.05) is 0 Å². The normalized spacial score (nSPS) is 10.4. The Balaban J connectivity index is 2.40. The summed E-state index contributed by atoms with van der Waals surface area (Å²) in [4.78, 5) is 7.71. The lowest BCUT2D eigenvalue weighted by molar-refractivity contribution is 1.17. The SMILES string of the molecule is Nc1c(Cl)ncnc1Nc1cc(Cl)c(Cl)cc1Cl. The van der Waals surface area contributed by atoms with Crippen molar-refractivity contribution in [3.8, 4) is 0 Å². The van der Waals surface area contributed by atoms with Gasteiger partial charge < -0.3 is 11.1 Å². The van der Waals surface area contributed by atoms with Gasteiger partial charge in [-0.3, -0.25) is 0 Å². The second kappa shape index (κ2) is 5.36. The van der Waals surface area contributed by atoms with Gasteiger partial charge in [0.1, 0.15) is 12.0 Å². The molecule has 0 bridgehead atoms. The van der Waals surface area contributed by atoms with Gasteiger partial charge >= 0.3 is 0 Å². The largest absolute Gasteiger partial charge is 0.393 e. The summed E-state index contributed by atoms with van der Waals surface area (Å²) in [6.07, 6.45) is 1.28. The Morgan fingerprint density at radius 1 is 0.944 bits per heavy atom. The highest BCUT2D eigenvalue weighted by Crippen LogP contribution is 2.35. The number of aromatic nitrogens is 2. The van der Waals surface area contributed by atoms with Crippen molar-refractivity contribution >= 4 is 63.6 Å². The molecule has 8 heteroatoms. The molecule has 3 N–H and O–H groups in total. The third-order valence-electron chi connectivity index (χ3n) is 2.10. The average Bonchev–Trinajstić information content (AvgIpc) is 2.32. The maximum Gasteiger partial charge on any atom is 0.158 e. The third-order valence-corrected chi connectivity index (χ3v) is 3.43. The standard InChI is InChI=1S/C10H6Cl4N4/c11-4-1-6(13)7(2-5(4)12)18-10-8(15)9(14)16-3-17-10/h1-3H,15H2,(H,16,17,18). The minimum absolute atomic E-state index is 0.156. The number of anilines is 3. The molecule has 4 nitrogen and oxygen atoms in total. The van der Waals surface area contributed by atoms with Crippen LogP contribution in [0.1, 0.15) is 0 Å². The summed E-state index contributed by atoms with van der Waals surface area (Å²) in [5, 5.41) is 4.18. The highest BCUT2D eigenvalue weighted by atomic mass is 35.5. The minimum Gasteiger partial charge on any atom is -0.393 e. The lowest BCUT2D eigenvalue weighted by Crippen LogP contribution is -2.01. The van der Waals surface area contributed by atoms with Crippen molar-refractivity contribution in [1.29, 1.82) is 0 Å². The fourth-order valence-electron chi connectivity index (χ4n) is 1.22. The lowest BCUT2D eigenvalue weighted by Gasteiger charge is -2.11. The molecule has 0 aliphatic heterocycles. The summed E-state index contributed by atoms with van der Waals surface area (Å²) in [5.74, 6) is 0.343. The average molecular weight is 324 g/mol. The molecule has 1 heterocycles. The molecule has 0 saturated heterocycles. The number of benzene rings is 1. The molecule has 94 valence electrons. The van der Waals surface area contributed by atoms with Crippen LogP contribution >= 0.6 is 46.4 Å². The molecule has 18 heavy (non-hydrogen) atoms. The van der Waals surface area contributed by atoms with Gasteiger partial charge in [-0.15, -0.1) is 0 Å². The number of hydrogen-bond acceptors (Lipinski definition) is 4. The van der Waals surface area contributed by atoms with Gasteiger partial charge in [0.15, 0.2) is 11.0 Å². The zero-order chi connectivity index (χ0) is 13.3. The van der Waals surface area contributed by atoms with Gasteiger partial charge in [-0.25, -0.2) is 9.97 Å². The van der Waals surface area contributed by atoms with Crippen LogP contribution in [0.3, 0.4) is 0 Å². The predicted octanol–water partition coefficient (Wildman–Crippen LogP) is 4.42. The Hall–Kier alpha value is -0.940. The van der Waals surface area contributed by atoms with Crippen LogP contribution in [0.5, 0.6) is 0 Å². The van der Waals surface area contributed by atoms with Gasteiger partial charge in [0.05, 0.1) is 20.8 Å². The molecular weight excluding hydrogens is 318 g/mol. The second-order valence-corrected chi connectivity index (χ2v) is 4.88. The van der Waals surface area contributed by atoms with Gasteiger partial charge in [-0.05, 0) is 12.1 Å². The van der Waals surface area contributed by atoms with Crippen LogP contribution in [-0.2, 0) is 0 Å². The highest BCUT2D eigenvalue weighted by molar-refractivity contribution is 6.44. The number of halogens is 4. The maximum absolute atomic E-state index is 6.02. The Morgan fingerprint density at radius 3 is 2.33 bits per heavy atom. The van der Waals surface area contributed by atoms with E-state index >= 15 is 0 Å². The van der Waals surface area contributed by atoms with E-state index in [-0.39, 0.29) is 10.8 Å². The monoisotopic (exact) mass is 322 g/mol. The maximum atomic E-state index is 6.02. The molecule has 1 aromatic heterocycles. The van der Waals surface area contributed by atoms with Crippen LogP contribution in [-0.4, -0.2) is 9.97 Å². The summed E-state index contributed by atoms with van der Waals surface area (Å²) in [7, 11) is 0. The zero-order valence-corrected chi connectivity index (χ0v) is 11.7. The first-order valence-electron chi connectivity index (χ1n) is 4.66. The van der Waals surface area contributed by atoms with Crippen molar-refractivity contribution in [3.63, 3.8) is 0 Å². The van der Waals surface area contributed by atoms with E-state index in [1.54, 1.807) is 6.07 Å². The fraction of sp³-hybridized carbons (Fsp3) is 0. The van der Waals surface area contributed by atoms with E-state index < -0.39 is 0 Å². The molecule has 0 amide bonds. The van der Waals surface area contributed by atoms with Gasteiger partial charge in [-0.2, -0.15) is 0 Å². The Bertz CT molecular complexity index is 603. The van der Waals surface area contributed by atoms with Crippen LogP contribution in [0.2, 0.25) is 20.2 Å². The lowest BCUT2D eigenvalue weighted by atomic mass is 10.3. The number of nitrogens with one attached hydrogen (secondary N) is 1. The summed E-state index contributed by atoms with van der Waals surface area (Å²) in [5.41, 5.74) is 6.47. The number of nitrogen functional groups attached to an aromatic ring is 1. The van der Waals surface area contributed by atoms with Crippen LogP contribution in [0, 0.1) is 0 Å². The van der Waals surface area contributed by atoms with Crippen LogP contribution in [0.4, 0.5) is 17.2 Å². The van der Waals surface area contributed by atoms with Crippen molar-refractivity contribution in [3.05, 3.63) is 38.7 Å². The molecule has 0 atom stereocenters. The quantitative estimate of drug-likeness (QED) is 0.634. The number of hydrogen-bond donors (Lipinski definition) is 2. The van der Waals surface area contributed by atoms with Crippen LogP contribution in [0.15, 0.2) is 18.5 Å². The molecule has 2 rings (SSSR count). The smallest absolute Gasteiger partial charge is 0.158 e. The first-order valence-corrected chi connectivity index (χ1v) is 6.17. The first-order chi connectivity index (χ1) is 8.49. The summed E-state index contributed by atoms with van der Waals surface area (Å²) in [6, 6.07) is 3.09. The van der Waals surface area contributed by atoms with Crippen molar-refractivity contribution in [2.45, 2.75) is 0 Å². The topological polar surface area (TPSA) is 63.8 Å². The second-order valence-electron chi connectivity index (χ2n) is 3.30. The summed E-state index contributed by atoms with van der Waals surface area (Å²) in [6.45, 7) is 0. The molecular formula is C10H6Cl4N4. The molecule has 1 aromatic carbocycles. The summed E-state index contributed by atoms with van der Waals surface area (Å²) < 4.78 is 0. The van der Waals surface area contributed by atoms with E-state index in [2.05, 4.69) is 15.3 Å². The molecule has 2 aromatic rings. The zero-order valence-electron chi connectivity index (χ0n) is 8.72. The fourth-order valence-corrected chi connectivity index (χ4v) is 1.95. The molecule has 0 fully saturated rings. The minimum atomic E-state index is 0.156. The number of nitrogens with two attached hydrogens (primary N) is 1. The molecule has 0 aliphatic rings. The van der Waals surface area contributed by atoms with Gasteiger partial charge in [0.2, 0.25) is 0 Å². The van der Waals surface area contributed by atoms with Crippen molar-refractivity contribution < 1.29 is 0 Å². The van der Waals surface area contributed by atoms with Gasteiger partial charge in [0.25, 0.3) is 0 Å². The third kappa shape index (κ3) is 2.72. The predicted molar refractivity (Wildman–Crippen MR) is 76.2 cm³/mol. The van der Waals surface area contributed by atoms with Crippen molar-refractivity contribution in [1.82, 2.24) is 9.97 Å². The Kier molecular flexibility index (Phi) is 4.02. The van der Waals surface area contributed by atoms with E-state index in [9.17, 15) is 0 Å². The Morgan fingerprint density at radius 2 is 1.61 bits per heavy atom. The summed E-state index contributed by atoms with van der Waals surface area (Å²) >= 11 is 23.5. The molecule has 0 aliphatic carbocycles. The molecule has 0 radical (unpaired) electrons. The molecule has 0 unspecified atom stereocenters. The van der Waals surface area contributed by atoms with Crippen molar-refractivity contribution in [2.75, 3.05) is 11.1 Å². The van der Waals surface area contributed by atoms with Crippen molar-refractivity contribution in [2.24, 2.45) is 0 Å². The first kappa shape index (κ1) is 13.5. The van der Waals surface area contributed by atoms with E-state index in [1.165, 1.54) is 12.4 Å². The number of nitrogens with zero attached hydrogens (tertiary/aromatic N) is 2. The molecule has 0 saturated carbocycles. The highest BCUT2D eigenvalue weighted by Gasteiger charge is 2.10. The van der Waals surface area contributed by atoms with E-state index in [0.717, 1.165) is 0 Å².